The van der Waals surface area contributed by atoms with Gasteiger partial charge in [-0.2, -0.15) is 0 Å². The third-order valence-corrected chi connectivity index (χ3v) is 6.66. The van der Waals surface area contributed by atoms with E-state index < -0.39 is 0 Å². The highest BCUT2D eigenvalue weighted by atomic mass is 79.9. The van der Waals surface area contributed by atoms with Crippen LogP contribution >= 0.6 is 39.1 Å². The van der Waals surface area contributed by atoms with E-state index in [-0.39, 0.29) is 0 Å². The molecular formula is C25H25BrCl2N2O. The monoisotopic (exact) mass is 518 g/mol. The number of ether oxygens (including phenoxy) is 1. The molecule has 3 aromatic carbocycles. The zero-order chi connectivity index (χ0) is 21.6. The van der Waals surface area contributed by atoms with Crippen molar-refractivity contribution in [2.75, 3.05) is 23.3 Å². The molecular weight excluding hydrogens is 495 g/mol. The van der Waals surface area contributed by atoms with E-state index >= 15 is 0 Å². The molecule has 4 rings (SSSR count). The van der Waals surface area contributed by atoms with Crippen molar-refractivity contribution in [1.29, 1.82) is 0 Å². The van der Waals surface area contributed by atoms with E-state index in [1.165, 1.54) is 19.3 Å². The summed E-state index contributed by atoms with van der Waals surface area (Å²) >= 11 is 16.4. The second-order valence-electron chi connectivity index (χ2n) is 7.70. The quantitative estimate of drug-likeness (QED) is 0.343. The lowest BCUT2D eigenvalue weighted by Crippen LogP contribution is -2.29. The molecule has 1 fully saturated rings. The minimum absolute atomic E-state index is 0.421. The van der Waals surface area contributed by atoms with Gasteiger partial charge in [-0.3, -0.25) is 0 Å². The van der Waals surface area contributed by atoms with E-state index in [1.54, 1.807) is 0 Å². The molecule has 31 heavy (non-hydrogen) atoms. The Hall–Kier alpha value is -1.88. The molecule has 1 aliphatic rings. The van der Waals surface area contributed by atoms with Crippen molar-refractivity contribution in [3.63, 3.8) is 0 Å². The lowest BCUT2D eigenvalue weighted by molar-refractivity contribution is 0.303. The highest BCUT2D eigenvalue weighted by molar-refractivity contribution is 9.10. The maximum absolute atomic E-state index is 6.61. The summed E-state index contributed by atoms with van der Waals surface area (Å²) < 4.78 is 7.10. The average molecular weight is 520 g/mol. The van der Waals surface area contributed by atoms with Gasteiger partial charge in [0.15, 0.2) is 0 Å². The molecule has 0 bridgehead atoms. The summed E-state index contributed by atoms with van der Waals surface area (Å²) in [6.07, 6.45) is 3.77. The predicted molar refractivity (Wildman–Crippen MR) is 135 cm³/mol. The molecule has 1 aliphatic heterocycles. The van der Waals surface area contributed by atoms with Crippen molar-refractivity contribution in [3.05, 3.63) is 86.3 Å². The van der Waals surface area contributed by atoms with Gasteiger partial charge in [-0.05, 0) is 61.7 Å². The second kappa shape index (κ2) is 10.6. The van der Waals surface area contributed by atoms with E-state index in [1.807, 2.05) is 42.5 Å². The molecule has 0 aliphatic carbocycles. The molecule has 3 nitrogen and oxygen atoms in total. The van der Waals surface area contributed by atoms with Crippen molar-refractivity contribution in [1.82, 2.24) is 0 Å². The number of hydrogen-bond donors (Lipinski definition) is 1. The number of benzene rings is 3. The number of anilines is 2. The van der Waals surface area contributed by atoms with E-state index in [2.05, 4.69) is 44.3 Å². The Morgan fingerprint density at radius 1 is 0.871 bits per heavy atom. The van der Waals surface area contributed by atoms with Crippen LogP contribution in [0, 0.1) is 0 Å². The fraction of sp³-hybridized carbons (Fsp3) is 0.280. The van der Waals surface area contributed by atoms with Crippen molar-refractivity contribution in [3.8, 4) is 5.75 Å². The van der Waals surface area contributed by atoms with Crippen LogP contribution in [0.2, 0.25) is 10.0 Å². The van der Waals surface area contributed by atoms with Crippen LogP contribution in [-0.2, 0) is 13.2 Å². The van der Waals surface area contributed by atoms with Crippen LogP contribution in [0.15, 0.2) is 65.1 Å². The molecule has 0 aromatic heterocycles. The first-order valence-electron chi connectivity index (χ1n) is 10.5. The lowest BCUT2D eigenvalue weighted by Gasteiger charge is -2.29. The molecule has 3 aromatic rings. The number of halogens is 3. The Labute approximate surface area is 202 Å². The number of rotatable bonds is 7. The van der Waals surface area contributed by atoms with Gasteiger partial charge in [0.2, 0.25) is 0 Å². The number of nitrogens with zero attached hydrogens (tertiary/aromatic N) is 1. The van der Waals surface area contributed by atoms with Crippen LogP contribution in [0.5, 0.6) is 5.75 Å². The molecule has 0 amide bonds. The Kier molecular flexibility index (Phi) is 7.65. The van der Waals surface area contributed by atoms with Gasteiger partial charge in [0.1, 0.15) is 12.4 Å². The number of nitrogens with one attached hydrogen (secondary N) is 1. The second-order valence-corrected chi connectivity index (χ2v) is 9.43. The minimum atomic E-state index is 0.421. The highest BCUT2D eigenvalue weighted by Gasteiger charge is 2.14. The molecule has 0 spiro atoms. The zero-order valence-corrected chi connectivity index (χ0v) is 20.3. The number of piperidine rings is 1. The van der Waals surface area contributed by atoms with Crippen molar-refractivity contribution in [2.24, 2.45) is 0 Å². The van der Waals surface area contributed by atoms with Gasteiger partial charge in [-0.15, -0.1) is 0 Å². The molecule has 1 heterocycles. The third kappa shape index (κ3) is 5.88. The van der Waals surface area contributed by atoms with Gasteiger partial charge in [0.25, 0.3) is 0 Å². The fourth-order valence-corrected chi connectivity index (χ4v) is 4.70. The molecule has 0 unspecified atom stereocenters. The molecule has 6 heteroatoms. The highest BCUT2D eigenvalue weighted by Crippen LogP contribution is 2.32. The molecule has 0 atom stereocenters. The van der Waals surface area contributed by atoms with Gasteiger partial charge in [-0.1, -0.05) is 57.3 Å². The van der Waals surface area contributed by atoms with Gasteiger partial charge in [0.05, 0.1) is 10.7 Å². The molecule has 0 saturated carbocycles. The molecule has 1 saturated heterocycles. The normalized spacial score (nSPS) is 13.8. The Bertz CT molecular complexity index is 1040. The summed E-state index contributed by atoms with van der Waals surface area (Å²) in [6, 6.07) is 20.0. The van der Waals surface area contributed by atoms with Crippen LogP contribution in [-0.4, -0.2) is 13.1 Å². The van der Waals surface area contributed by atoms with Crippen molar-refractivity contribution in [2.45, 2.75) is 32.4 Å². The maximum atomic E-state index is 6.61. The first kappa shape index (κ1) is 22.3. The van der Waals surface area contributed by atoms with Gasteiger partial charge in [-0.25, -0.2) is 0 Å². The topological polar surface area (TPSA) is 24.5 Å². The smallest absolute Gasteiger partial charge is 0.124 e. The summed E-state index contributed by atoms with van der Waals surface area (Å²) in [5, 5.41) is 4.98. The summed E-state index contributed by atoms with van der Waals surface area (Å²) in [4.78, 5) is 2.38. The lowest BCUT2D eigenvalue weighted by atomic mass is 10.1. The predicted octanol–water partition coefficient (Wildman–Crippen LogP) is 7.94. The average Bonchev–Trinajstić information content (AvgIpc) is 2.78. The summed E-state index contributed by atoms with van der Waals surface area (Å²) in [7, 11) is 0. The van der Waals surface area contributed by atoms with Gasteiger partial charge < -0.3 is 15.0 Å². The van der Waals surface area contributed by atoms with Crippen LogP contribution in [0.1, 0.15) is 30.4 Å². The first-order valence-corrected chi connectivity index (χ1v) is 12.1. The summed E-state index contributed by atoms with van der Waals surface area (Å²) in [6.45, 7) is 3.20. The van der Waals surface area contributed by atoms with E-state index in [0.717, 1.165) is 50.8 Å². The van der Waals surface area contributed by atoms with Crippen LogP contribution in [0.3, 0.4) is 0 Å². The number of hydrogen-bond acceptors (Lipinski definition) is 3. The Balaban J connectivity index is 1.43. The molecule has 0 radical (unpaired) electrons. The standard InChI is InChI=1S/C25H25BrCl2N2O/c26-20-8-11-25(31-17-18-6-2-3-7-22(18)27)19(14-20)16-29-21-9-10-24(23(28)15-21)30-12-4-1-5-13-30/h2-3,6-11,14-15,29H,1,4-5,12-13,16-17H2. The largest absolute Gasteiger partial charge is 0.488 e. The van der Waals surface area contributed by atoms with Crippen molar-refractivity contribution < 1.29 is 4.74 Å². The maximum Gasteiger partial charge on any atom is 0.124 e. The van der Waals surface area contributed by atoms with Crippen LogP contribution in [0.4, 0.5) is 11.4 Å². The SMILES string of the molecule is Clc1ccccc1COc1ccc(Br)cc1CNc1ccc(N2CCCCC2)c(Cl)c1. The van der Waals surface area contributed by atoms with Crippen LogP contribution < -0.4 is 15.0 Å². The minimum Gasteiger partial charge on any atom is -0.488 e. The third-order valence-electron chi connectivity index (χ3n) is 5.49. The van der Waals surface area contributed by atoms with E-state index in [9.17, 15) is 0 Å². The Morgan fingerprint density at radius 2 is 1.68 bits per heavy atom. The molecule has 162 valence electrons. The summed E-state index contributed by atoms with van der Waals surface area (Å²) in [5.74, 6) is 0.826. The Morgan fingerprint density at radius 3 is 2.45 bits per heavy atom. The van der Waals surface area contributed by atoms with E-state index in [4.69, 9.17) is 27.9 Å². The van der Waals surface area contributed by atoms with E-state index in [0.29, 0.717) is 18.2 Å². The fourth-order valence-electron chi connectivity index (χ4n) is 3.80. The van der Waals surface area contributed by atoms with Crippen LogP contribution in [0.25, 0.3) is 0 Å². The first-order chi connectivity index (χ1) is 15.1. The van der Waals surface area contributed by atoms with Crippen molar-refractivity contribution >= 4 is 50.5 Å². The molecule has 1 N–H and O–H groups in total. The summed E-state index contributed by atoms with van der Waals surface area (Å²) in [5.41, 5.74) is 4.13. The van der Waals surface area contributed by atoms with Gasteiger partial charge >= 0.3 is 0 Å². The van der Waals surface area contributed by atoms with Gasteiger partial charge in [0, 0.05) is 45.9 Å². The zero-order valence-electron chi connectivity index (χ0n) is 17.2.